The quantitative estimate of drug-likeness (QED) is 0.806. The van der Waals surface area contributed by atoms with Gasteiger partial charge in [-0.15, -0.1) is 11.8 Å². The first kappa shape index (κ1) is 17.8. The van der Waals surface area contributed by atoms with Gasteiger partial charge < -0.3 is 15.0 Å². The highest BCUT2D eigenvalue weighted by Gasteiger charge is 2.27. The number of rotatable bonds is 6. The lowest BCUT2D eigenvalue weighted by molar-refractivity contribution is -0.131. The largest absolute Gasteiger partial charge is 0.494 e. The van der Waals surface area contributed by atoms with Crippen LogP contribution >= 0.6 is 11.8 Å². The van der Waals surface area contributed by atoms with Gasteiger partial charge in [-0.1, -0.05) is 6.07 Å². The van der Waals surface area contributed by atoms with Gasteiger partial charge in [-0.3, -0.25) is 9.78 Å². The number of amides is 1. The van der Waals surface area contributed by atoms with Gasteiger partial charge in [-0.2, -0.15) is 0 Å². The summed E-state index contributed by atoms with van der Waals surface area (Å²) in [6, 6.07) is 11.9. The molecule has 1 amide bonds. The van der Waals surface area contributed by atoms with Crippen molar-refractivity contribution in [2.45, 2.75) is 17.9 Å². The Labute approximate surface area is 152 Å². The van der Waals surface area contributed by atoms with Crippen LogP contribution in [0.1, 0.15) is 18.5 Å². The van der Waals surface area contributed by atoms with Crippen molar-refractivity contribution in [3.8, 4) is 5.75 Å². The number of nitrogens with zero attached hydrogens (tertiary/aromatic N) is 2. The molecule has 1 aliphatic heterocycles. The Balaban J connectivity index is 1.61. The Hall–Kier alpha value is -2.05. The number of carbonyl (C=O) groups is 1. The van der Waals surface area contributed by atoms with Crippen LogP contribution < -0.4 is 10.1 Å². The molecule has 132 valence electrons. The Bertz CT molecular complexity index is 679. The van der Waals surface area contributed by atoms with E-state index in [1.165, 1.54) is 0 Å². The second-order valence-electron chi connectivity index (χ2n) is 5.79. The molecule has 3 rings (SSSR count). The molecular formula is C19H23N3O2S. The number of thioether (sulfide) groups is 1. The average Bonchev–Trinajstić information content (AvgIpc) is 2.68. The smallest absolute Gasteiger partial charge is 0.233 e. The predicted octanol–water partition coefficient (Wildman–Crippen LogP) is 2.75. The number of hydrogen-bond donors (Lipinski definition) is 1. The summed E-state index contributed by atoms with van der Waals surface area (Å²) >= 11 is 1.56. The van der Waals surface area contributed by atoms with Crippen LogP contribution in [-0.4, -0.2) is 47.8 Å². The molecule has 0 bridgehead atoms. The third-order valence-electron chi connectivity index (χ3n) is 4.13. The molecule has 25 heavy (non-hydrogen) atoms. The van der Waals surface area contributed by atoms with Crippen molar-refractivity contribution in [2.75, 3.05) is 32.0 Å². The van der Waals surface area contributed by atoms with Crippen molar-refractivity contribution in [1.82, 2.24) is 15.2 Å². The maximum atomic E-state index is 12.8. The molecule has 2 aromatic rings. The maximum Gasteiger partial charge on any atom is 0.233 e. The maximum absolute atomic E-state index is 12.8. The zero-order valence-electron chi connectivity index (χ0n) is 14.4. The molecule has 1 unspecified atom stereocenters. The van der Waals surface area contributed by atoms with Gasteiger partial charge in [0, 0.05) is 36.9 Å². The van der Waals surface area contributed by atoms with Crippen LogP contribution in [0.3, 0.4) is 0 Å². The average molecular weight is 357 g/mol. The Morgan fingerprint density at radius 3 is 2.92 bits per heavy atom. The number of pyridine rings is 1. The van der Waals surface area contributed by atoms with Gasteiger partial charge in [-0.25, -0.2) is 0 Å². The van der Waals surface area contributed by atoms with Crippen LogP contribution in [0.4, 0.5) is 0 Å². The van der Waals surface area contributed by atoms with Gasteiger partial charge in [0.15, 0.2) is 0 Å². The molecule has 1 saturated heterocycles. The van der Waals surface area contributed by atoms with Crippen molar-refractivity contribution in [2.24, 2.45) is 0 Å². The van der Waals surface area contributed by atoms with Crippen LogP contribution in [0.15, 0.2) is 53.7 Å². The lowest BCUT2D eigenvalue weighted by Gasteiger charge is -2.36. The van der Waals surface area contributed by atoms with Gasteiger partial charge in [0.1, 0.15) is 5.75 Å². The Morgan fingerprint density at radius 1 is 1.36 bits per heavy atom. The molecule has 1 aromatic heterocycles. The van der Waals surface area contributed by atoms with E-state index in [2.05, 4.69) is 10.3 Å². The lowest BCUT2D eigenvalue weighted by Crippen LogP contribution is -2.49. The minimum Gasteiger partial charge on any atom is -0.494 e. The summed E-state index contributed by atoms with van der Waals surface area (Å²) in [6.45, 7) is 4.95. The minimum atomic E-state index is 0.0517. The van der Waals surface area contributed by atoms with Crippen molar-refractivity contribution in [1.29, 1.82) is 0 Å². The van der Waals surface area contributed by atoms with Crippen LogP contribution in [0, 0.1) is 0 Å². The second-order valence-corrected chi connectivity index (χ2v) is 6.84. The van der Waals surface area contributed by atoms with Gasteiger partial charge >= 0.3 is 0 Å². The fraction of sp³-hybridized carbons (Fsp3) is 0.368. The van der Waals surface area contributed by atoms with E-state index in [4.69, 9.17) is 4.74 Å². The lowest BCUT2D eigenvalue weighted by atomic mass is 10.1. The third kappa shape index (κ3) is 4.74. The molecular weight excluding hydrogens is 334 g/mol. The molecule has 5 nitrogen and oxygen atoms in total. The normalized spacial score (nSPS) is 17.3. The van der Waals surface area contributed by atoms with Gasteiger partial charge in [0.25, 0.3) is 0 Å². The zero-order chi connectivity index (χ0) is 17.5. The fourth-order valence-electron chi connectivity index (χ4n) is 2.90. The van der Waals surface area contributed by atoms with E-state index in [-0.39, 0.29) is 11.9 Å². The first-order chi connectivity index (χ1) is 12.3. The number of ether oxygens (including phenoxy) is 1. The van der Waals surface area contributed by atoms with E-state index in [1.807, 2.05) is 54.4 Å². The minimum absolute atomic E-state index is 0.0517. The standard InChI is InChI=1S/C19H23N3O2S/c1-2-24-16-5-7-17(8-6-16)25-14-19(23)22-11-10-21-13-18(22)15-4-3-9-20-12-15/h3-9,12,18,21H,2,10-11,13-14H2,1H3. The number of hydrogen-bond acceptors (Lipinski definition) is 5. The molecule has 0 aliphatic carbocycles. The van der Waals surface area contributed by atoms with E-state index >= 15 is 0 Å². The highest BCUT2D eigenvalue weighted by molar-refractivity contribution is 8.00. The molecule has 2 heterocycles. The molecule has 1 atom stereocenters. The molecule has 1 aliphatic rings. The number of nitrogens with one attached hydrogen (secondary N) is 1. The van der Waals surface area contributed by atoms with Gasteiger partial charge in [0.2, 0.25) is 5.91 Å². The molecule has 1 aromatic carbocycles. The van der Waals surface area contributed by atoms with Crippen LogP contribution in [-0.2, 0) is 4.79 Å². The number of carbonyl (C=O) groups excluding carboxylic acids is 1. The van der Waals surface area contributed by atoms with E-state index in [9.17, 15) is 4.79 Å². The summed E-state index contributed by atoms with van der Waals surface area (Å²) < 4.78 is 5.45. The number of benzene rings is 1. The van der Waals surface area contributed by atoms with E-state index in [0.717, 1.165) is 35.8 Å². The highest BCUT2D eigenvalue weighted by Crippen LogP contribution is 2.25. The molecule has 1 fully saturated rings. The summed E-state index contributed by atoms with van der Waals surface area (Å²) in [6.07, 6.45) is 3.60. The molecule has 6 heteroatoms. The van der Waals surface area contributed by atoms with E-state index < -0.39 is 0 Å². The van der Waals surface area contributed by atoms with E-state index in [1.54, 1.807) is 18.0 Å². The summed E-state index contributed by atoms with van der Waals surface area (Å²) in [5.74, 6) is 1.45. The first-order valence-electron chi connectivity index (χ1n) is 8.53. The summed E-state index contributed by atoms with van der Waals surface area (Å²) in [5.41, 5.74) is 1.08. The van der Waals surface area contributed by atoms with Gasteiger partial charge in [-0.05, 0) is 42.8 Å². The van der Waals surface area contributed by atoms with Crippen LogP contribution in [0.25, 0.3) is 0 Å². The van der Waals surface area contributed by atoms with Crippen molar-refractivity contribution in [3.05, 3.63) is 54.4 Å². The topological polar surface area (TPSA) is 54.5 Å². The van der Waals surface area contributed by atoms with Crippen molar-refractivity contribution in [3.63, 3.8) is 0 Å². The SMILES string of the molecule is CCOc1ccc(SCC(=O)N2CCNCC2c2cccnc2)cc1. The third-order valence-corrected chi connectivity index (χ3v) is 5.13. The molecule has 0 saturated carbocycles. The second kappa shape index (κ2) is 8.87. The zero-order valence-corrected chi connectivity index (χ0v) is 15.2. The summed E-state index contributed by atoms with van der Waals surface area (Å²) in [5, 5.41) is 3.37. The van der Waals surface area contributed by atoms with Crippen LogP contribution in [0.5, 0.6) is 5.75 Å². The van der Waals surface area contributed by atoms with Crippen LogP contribution in [0.2, 0.25) is 0 Å². The number of aromatic nitrogens is 1. The highest BCUT2D eigenvalue weighted by atomic mass is 32.2. The van der Waals surface area contributed by atoms with Gasteiger partial charge in [0.05, 0.1) is 18.4 Å². The monoisotopic (exact) mass is 357 g/mol. The summed E-state index contributed by atoms with van der Waals surface area (Å²) in [7, 11) is 0. The fourth-order valence-corrected chi connectivity index (χ4v) is 3.68. The predicted molar refractivity (Wildman–Crippen MR) is 99.9 cm³/mol. The van der Waals surface area contributed by atoms with E-state index in [0.29, 0.717) is 12.4 Å². The molecule has 1 N–H and O–H groups in total. The van der Waals surface area contributed by atoms with Crippen molar-refractivity contribution >= 4 is 17.7 Å². The summed E-state index contributed by atoms with van der Waals surface area (Å²) in [4.78, 5) is 20.0. The Kier molecular flexibility index (Phi) is 6.30. The number of piperazine rings is 1. The first-order valence-corrected chi connectivity index (χ1v) is 9.52. The Morgan fingerprint density at radius 2 is 2.20 bits per heavy atom. The molecule has 0 spiro atoms. The van der Waals surface area contributed by atoms with Crippen molar-refractivity contribution < 1.29 is 9.53 Å². The molecule has 0 radical (unpaired) electrons.